The molecule has 0 spiro atoms. The van der Waals surface area contributed by atoms with Crippen molar-refractivity contribution in [3.05, 3.63) is 52.8 Å². The number of phenolic OH excluding ortho intramolecular Hbond substituents is 1. The van der Waals surface area contributed by atoms with Gasteiger partial charge in [0.25, 0.3) is 5.91 Å². The smallest absolute Gasteiger partial charge is 0.274 e. The van der Waals surface area contributed by atoms with E-state index >= 15 is 0 Å². The number of nitrogens with one attached hydrogen (secondary N) is 1. The monoisotopic (exact) mass is 262 g/mol. The van der Waals surface area contributed by atoms with Gasteiger partial charge in [-0.2, -0.15) is 0 Å². The van der Waals surface area contributed by atoms with Gasteiger partial charge in [-0.15, -0.1) is 0 Å². The molecule has 2 rings (SSSR count). The van der Waals surface area contributed by atoms with E-state index in [1.807, 2.05) is 0 Å². The van der Waals surface area contributed by atoms with Crippen LogP contribution in [-0.2, 0) is 0 Å². The summed E-state index contributed by atoms with van der Waals surface area (Å²) in [6.07, 6.45) is 0. The number of halogens is 1. The van der Waals surface area contributed by atoms with Gasteiger partial charge in [0.2, 0.25) is 0 Å². The lowest BCUT2D eigenvalue weighted by molar-refractivity contribution is 0.102. The molecule has 4 nitrogen and oxygen atoms in total. The Labute approximate surface area is 109 Å². The minimum absolute atomic E-state index is 0.131. The van der Waals surface area contributed by atoms with Crippen LogP contribution in [0.15, 0.2) is 36.4 Å². The molecule has 92 valence electrons. The molecule has 1 aromatic heterocycles. The lowest BCUT2D eigenvalue weighted by Gasteiger charge is -2.06. The Morgan fingerprint density at radius 2 is 2.11 bits per heavy atom. The zero-order valence-electron chi connectivity index (χ0n) is 9.64. The normalized spacial score (nSPS) is 10.1. The maximum atomic E-state index is 11.8. The van der Waals surface area contributed by atoms with Gasteiger partial charge in [0.1, 0.15) is 16.6 Å². The van der Waals surface area contributed by atoms with Crippen LogP contribution in [0.2, 0.25) is 5.15 Å². The van der Waals surface area contributed by atoms with E-state index in [-0.39, 0.29) is 22.5 Å². The quantitative estimate of drug-likeness (QED) is 0.818. The molecular weight excluding hydrogens is 252 g/mol. The Bertz CT molecular complexity index is 599. The number of hydrogen-bond acceptors (Lipinski definition) is 3. The highest BCUT2D eigenvalue weighted by atomic mass is 35.5. The van der Waals surface area contributed by atoms with Crippen LogP contribution < -0.4 is 5.32 Å². The molecule has 0 aliphatic heterocycles. The number of rotatable bonds is 2. The van der Waals surface area contributed by atoms with Crippen molar-refractivity contribution < 1.29 is 9.90 Å². The van der Waals surface area contributed by atoms with Gasteiger partial charge in [-0.3, -0.25) is 4.79 Å². The molecule has 1 amide bonds. The molecule has 0 saturated carbocycles. The number of hydrogen-bond donors (Lipinski definition) is 2. The van der Waals surface area contributed by atoms with Crippen LogP contribution in [0, 0.1) is 6.92 Å². The van der Waals surface area contributed by atoms with E-state index in [2.05, 4.69) is 10.3 Å². The second-order valence-corrected chi connectivity index (χ2v) is 4.19. The SMILES string of the molecule is Cc1ccc(NC(=O)c2cccc(Cl)n2)cc1O. The molecule has 0 radical (unpaired) electrons. The Hall–Kier alpha value is -2.07. The molecule has 18 heavy (non-hydrogen) atoms. The molecule has 1 aromatic carbocycles. The van der Waals surface area contributed by atoms with E-state index in [1.54, 1.807) is 37.3 Å². The van der Waals surface area contributed by atoms with Gasteiger partial charge in [-0.05, 0) is 30.7 Å². The van der Waals surface area contributed by atoms with E-state index in [0.717, 1.165) is 5.56 Å². The van der Waals surface area contributed by atoms with Crippen molar-refractivity contribution in [2.75, 3.05) is 5.32 Å². The number of aromatic hydroxyl groups is 1. The Balaban J connectivity index is 2.18. The number of amides is 1. The van der Waals surface area contributed by atoms with Crippen molar-refractivity contribution >= 4 is 23.2 Å². The average molecular weight is 263 g/mol. The summed E-state index contributed by atoms with van der Waals surface area (Å²) < 4.78 is 0. The number of aromatic nitrogens is 1. The molecule has 0 atom stereocenters. The summed E-state index contributed by atoms with van der Waals surface area (Å²) in [4.78, 5) is 15.7. The first-order valence-corrected chi connectivity index (χ1v) is 5.67. The number of anilines is 1. The first-order valence-electron chi connectivity index (χ1n) is 5.30. The van der Waals surface area contributed by atoms with E-state index in [0.29, 0.717) is 5.69 Å². The number of carbonyl (C=O) groups is 1. The summed E-state index contributed by atoms with van der Waals surface area (Å²) in [5.41, 5.74) is 1.47. The Morgan fingerprint density at radius 3 is 2.78 bits per heavy atom. The summed E-state index contributed by atoms with van der Waals surface area (Å²) in [5, 5.41) is 12.4. The first kappa shape index (κ1) is 12.4. The second kappa shape index (κ2) is 5.06. The van der Waals surface area contributed by atoms with Crippen molar-refractivity contribution in [2.45, 2.75) is 6.92 Å². The summed E-state index contributed by atoms with van der Waals surface area (Å²) in [7, 11) is 0. The number of nitrogens with zero attached hydrogens (tertiary/aromatic N) is 1. The molecule has 5 heteroatoms. The fourth-order valence-electron chi connectivity index (χ4n) is 1.42. The lowest BCUT2D eigenvalue weighted by Crippen LogP contribution is -2.13. The summed E-state index contributed by atoms with van der Waals surface area (Å²) in [6, 6.07) is 9.72. The predicted octanol–water partition coefficient (Wildman–Crippen LogP) is 3.00. The Morgan fingerprint density at radius 1 is 1.33 bits per heavy atom. The van der Waals surface area contributed by atoms with E-state index in [4.69, 9.17) is 11.6 Å². The number of pyridine rings is 1. The van der Waals surface area contributed by atoms with Gasteiger partial charge in [0.05, 0.1) is 0 Å². The molecule has 1 heterocycles. The van der Waals surface area contributed by atoms with Crippen molar-refractivity contribution in [1.82, 2.24) is 4.98 Å². The molecule has 0 aliphatic rings. The number of carbonyl (C=O) groups excluding carboxylic acids is 1. The third kappa shape index (κ3) is 2.78. The molecule has 0 saturated heterocycles. The molecule has 0 unspecified atom stereocenters. The maximum Gasteiger partial charge on any atom is 0.274 e. The maximum absolute atomic E-state index is 11.8. The summed E-state index contributed by atoms with van der Waals surface area (Å²) in [6.45, 7) is 1.78. The van der Waals surface area contributed by atoms with Gasteiger partial charge in [-0.25, -0.2) is 4.98 Å². The largest absolute Gasteiger partial charge is 0.508 e. The van der Waals surface area contributed by atoms with Crippen molar-refractivity contribution in [3.63, 3.8) is 0 Å². The van der Waals surface area contributed by atoms with E-state index < -0.39 is 0 Å². The molecule has 0 fully saturated rings. The topological polar surface area (TPSA) is 62.2 Å². The van der Waals surface area contributed by atoms with Crippen LogP contribution in [0.3, 0.4) is 0 Å². The molecule has 2 N–H and O–H groups in total. The average Bonchev–Trinajstić information content (AvgIpc) is 2.34. The van der Waals surface area contributed by atoms with Crippen LogP contribution in [0.5, 0.6) is 5.75 Å². The zero-order valence-corrected chi connectivity index (χ0v) is 10.4. The van der Waals surface area contributed by atoms with Crippen molar-refractivity contribution in [2.24, 2.45) is 0 Å². The number of aryl methyl sites for hydroxylation is 1. The van der Waals surface area contributed by atoms with E-state index in [9.17, 15) is 9.90 Å². The minimum atomic E-state index is -0.374. The zero-order chi connectivity index (χ0) is 13.1. The highest BCUT2D eigenvalue weighted by molar-refractivity contribution is 6.29. The predicted molar refractivity (Wildman–Crippen MR) is 70.0 cm³/mol. The first-order chi connectivity index (χ1) is 8.56. The fraction of sp³-hybridized carbons (Fsp3) is 0.0769. The molecule has 0 aliphatic carbocycles. The van der Waals surface area contributed by atoms with Gasteiger partial charge < -0.3 is 10.4 Å². The van der Waals surface area contributed by atoms with Gasteiger partial charge in [-0.1, -0.05) is 23.7 Å². The lowest BCUT2D eigenvalue weighted by atomic mass is 10.2. The number of phenols is 1. The summed E-state index contributed by atoms with van der Waals surface area (Å²) in [5.74, 6) is -0.243. The van der Waals surface area contributed by atoms with E-state index in [1.165, 1.54) is 6.07 Å². The van der Waals surface area contributed by atoms with Crippen LogP contribution >= 0.6 is 11.6 Å². The third-order valence-electron chi connectivity index (χ3n) is 2.41. The highest BCUT2D eigenvalue weighted by Gasteiger charge is 2.08. The summed E-state index contributed by atoms with van der Waals surface area (Å²) >= 11 is 5.71. The van der Waals surface area contributed by atoms with Crippen LogP contribution in [-0.4, -0.2) is 16.0 Å². The van der Waals surface area contributed by atoms with Gasteiger partial charge in [0.15, 0.2) is 0 Å². The minimum Gasteiger partial charge on any atom is -0.508 e. The molecule has 2 aromatic rings. The standard InChI is InChI=1S/C13H11ClN2O2/c1-8-5-6-9(7-11(8)17)15-13(18)10-3-2-4-12(14)16-10/h2-7,17H,1H3,(H,15,18). The van der Waals surface area contributed by atoms with Gasteiger partial charge in [0, 0.05) is 11.8 Å². The Kier molecular flexibility index (Phi) is 3.48. The van der Waals surface area contributed by atoms with Gasteiger partial charge >= 0.3 is 0 Å². The number of benzene rings is 1. The van der Waals surface area contributed by atoms with Crippen LogP contribution in [0.25, 0.3) is 0 Å². The molecule has 0 bridgehead atoms. The van der Waals surface area contributed by atoms with Crippen LogP contribution in [0.4, 0.5) is 5.69 Å². The van der Waals surface area contributed by atoms with Crippen LogP contribution in [0.1, 0.15) is 16.1 Å². The highest BCUT2D eigenvalue weighted by Crippen LogP contribution is 2.21. The fourth-order valence-corrected chi connectivity index (χ4v) is 1.58. The van der Waals surface area contributed by atoms with Crippen molar-refractivity contribution in [3.8, 4) is 5.75 Å². The second-order valence-electron chi connectivity index (χ2n) is 3.80. The molecular formula is C13H11ClN2O2. The van der Waals surface area contributed by atoms with Crippen molar-refractivity contribution in [1.29, 1.82) is 0 Å². The third-order valence-corrected chi connectivity index (χ3v) is 2.63.